The summed E-state index contributed by atoms with van der Waals surface area (Å²) in [6, 6.07) is 5.30. The van der Waals surface area contributed by atoms with Crippen molar-refractivity contribution in [1.29, 1.82) is 0 Å². The van der Waals surface area contributed by atoms with Crippen LogP contribution < -0.4 is 5.76 Å². The van der Waals surface area contributed by atoms with Crippen molar-refractivity contribution in [2.24, 2.45) is 0 Å². The molecule has 21 heavy (non-hydrogen) atoms. The molecule has 1 aromatic heterocycles. The van der Waals surface area contributed by atoms with Gasteiger partial charge in [-0.3, -0.25) is 4.57 Å². The van der Waals surface area contributed by atoms with Crippen LogP contribution in [0.15, 0.2) is 27.4 Å². The molecule has 2 aromatic rings. The van der Waals surface area contributed by atoms with Gasteiger partial charge in [-0.15, -0.1) is 0 Å². The molecule has 2 atom stereocenters. The molecule has 0 saturated carbocycles. The van der Waals surface area contributed by atoms with E-state index in [1.807, 2.05) is 6.92 Å². The van der Waals surface area contributed by atoms with Crippen molar-refractivity contribution in [3.05, 3.63) is 34.3 Å². The summed E-state index contributed by atoms with van der Waals surface area (Å²) in [5.41, 5.74) is 1.90. The molecule has 1 aliphatic heterocycles. The lowest BCUT2D eigenvalue weighted by Crippen LogP contribution is -2.33. The van der Waals surface area contributed by atoms with Crippen LogP contribution in [0.3, 0.4) is 0 Å². The first-order valence-corrected chi connectivity index (χ1v) is 7.21. The molecule has 0 spiro atoms. The predicted molar refractivity (Wildman–Crippen MR) is 76.3 cm³/mol. The maximum atomic E-state index is 11.8. The van der Waals surface area contributed by atoms with Gasteiger partial charge in [0.05, 0.1) is 25.3 Å². The number of aryl methyl sites for hydroxylation is 1. The minimum absolute atomic E-state index is 0.361. The van der Waals surface area contributed by atoms with Gasteiger partial charge in [-0.05, 0) is 24.1 Å². The third kappa shape index (κ3) is 2.74. The van der Waals surface area contributed by atoms with Gasteiger partial charge >= 0.3 is 5.76 Å². The molecule has 0 aliphatic carbocycles. The summed E-state index contributed by atoms with van der Waals surface area (Å²) in [6.07, 6.45) is -0.332. The minimum atomic E-state index is -0.797. The van der Waals surface area contributed by atoms with E-state index in [2.05, 4.69) is 0 Å². The van der Waals surface area contributed by atoms with Gasteiger partial charge in [0, 0.05) is 6.54 Å². The lowest BCUT2D eigenvalue weighted by atomic mass is 10.0. The summed E-state index contributed by atoms with van der Waals surface area (Å²) in [6.45, 7) is 4.01. The molecule has 0 amide bonds. The van der Waals surface area contributed by atoms with E-state index in [-0.39, 0.29) is 11.9 Å². The van der Waals surface area contributed by atoms with Crippen LogP contribution in [0.1, 0.15) is 25.0 Å². The number of hydrogen-bond acceptors (Lipinski definition) is 5. The van der Waals surface area contributed by atoms with Gasteiger partial charge in [0.15, 0.2) is 5.58 Å². The molecule has 6 heteroatoms. The van der Waals surface area contributed by atoms with E-state index in [0.29, 0.717) is 37.5 Å². The second-order valence-electron chi connectivity index (χ2n) is 5.18. The Hall–Kier alpha value is -1.63. The van der Waals surface area contributed by atoms with E-state index in [0.717, 1.165) is 11.9 Å². The SMILES string of the molecule is CCCn1c(=O)oc2cc(C(O)C3COCCO3)ccc21. The van der Waals surface area contributed by atoms with Gasteiger partial charge in [-0.2, -0.15) is 0 Å². The Labute approximate surface area is 121 Å². The van der Waals surface area contributed by atoms with Crippen molar-refractivity contribution in [2.45, 2.75) is 32.1 Å². The molecule has 1 saturated heterocycles. The topological polar surface area (TPSA) is 73.8 Å². The van der Waals surface area contributed by atoms with Crippen molar-refractivity contribution < 1.29 is 19.0 Å². The Balaban J connectivity index is 1.92. The lowest BCUT2D eigenvalue weighted by Gasteiger charge is -2.27. The van der Waals surface area contributed by atoms with Crippen LogP contribution >= 0.6 is 0 Å². The molecule has 2 unspecified atom stereocenters. The zero-order chi connectivity index (χ0) is 14.8. The highest BCUT2D eigenvalue weighted by Gasteiger charge is 2.25. The highest BCUT2D eigenvalue weighted by molar-refractivity contribution is 5.73. The van der Waals surface area contributed by atoms with Crippen LogP contribution in [-0.2, 0) is 16.0 Å². The summed E-state index contributed by atoms with van der Waals surface area (Å²) < 4.78 is 17.7. The molecule has 3 rings (SSSR count). The quantitative estimate of drug-likeness (QED) is 0.923. The lowest BCUT2D eigenvalue weighted by molar-refractivity contribution is -0.133. The third-order valence-electron chi connectivity index (χ3n) is 3.67. The number of rotatable bonds is 4. The summed E-state index contributed by atoms with van der Waals surface area (Å²) in [5, 5.41) is 10.4. The van der Waals surface area contributed by atoms with Gasteiger partial charge < -0.3 is 19.0 Å². The van der Waals surface area contributed by atoms with Gasteiger partial charge in [0.2, 0.25) is 0 Å². The first kappa shape index (κ1) is 14.3. The number of hydrogen-bond donors (Lipinski definition) is 1. The van der Waals surface area contributed by atoms with Crippen molar-refractivity contribution in [2.75, 3.05) is 19.8 Å². The number of benzene rings is 1. The second-order valence-corrected chi connectivity index (χ2v) is 5.18. The highest BCUT2D eigenvalue weighted by Crippen LogP contribution is 2.25. The minimum Gasteiger partial charge on any atom is -0.408 e. The van der Waals surface area contributed by atoms with E-state index in [4.69, 9.17) is 13.9 Å². The van der Waals surface area contributed by atoms with Crippen molar-refractivity contribution in [1.82, 2.24) is 4.57 Å². The number of nitrogens with zero attached hydrogens (tertiary/aromatic N) is 1. The molecule has 0 radical (unpaired) electrons. The van der Waals surface area contributed by atoms with Gasteiger partial charge in [0.25, 0.3) is 0 Å². The standard InChI is InChI=1S/C15H19NO5/c1-2-5-16-11-4-3-10(8-12(11)21-15(16)18)14(17)13-9-19-6-7-20-13/h3-4,8,13-14,17H,2,5-7,9H2,1H3. The van der Waals surface area contributed by atoms with E-state index in [1.54, 1.807) is 22.8 Å². The number of ether oxygens (including phenoxy) is 2. The fourth-order valence-electron chi connectivity index (χ4n) is 2.61. The van der Waals surface area contributed by atoms with Crippen molar-refractivity contribution in [3.63, 3.8) is 0 Å². The van der Waals surface area contributed by atoms with E-state index in [1.165, 1.54) is 0 Å². The second kappa shape index (κ2) is 6.01. The Kier molecular flexibility index (Phi) is 4.10. The van der Waals surface area contributed by atoms with Crippen LogP contribution in [0.5, 0.6) is 0 Å². The molecule has 0 bridgehead atoms. The number of aromatic nitrogens is 1. The van der Waals surface area contributed by atoms with Gasteiger partial charge in [0.1, 0.15) is 12.2 Å². The molecule has 2 heterocycles. The molecule has 1 N–H and O–H groups in total. The Morgan fingerprint density at radius 1 is 1.43 bits per heavy atom. The largest absolute Gasteiger partial charge is 0.419 e. The van der Waals surface area contributed by atoms with Crippen LogP contribution in [0.4, 0.5) is 0 Å². The molecule has 1 aliphatic rings. The van der Waals surface area contributed by atoms with E-state index >= 15 is 0 Å². The van der Waals surface area contributed by atoms with Crippen LogP contribution in [0.2, 0.25) is 0 Å². The predicted octanol–water partition coefficient (Wildman–Crippen LogP) is 1.45. The van der Waals surface area contributed by atoms with E-state index < -0.39 is 6.10 Å². The summed E-state index contributed by atoms with van der Waals surface area (Å²) in [7, 11) is 0. The molecule has 1 fully saturated rings. The Bertz CT molecular complexity index is 668. The number of aliphatic hydroxyl groups is 1. The Morgan fingerprint density at radius 2 is 2.29 bits per heavy atom. The fraction of sp³-hybridized carbons (Fsp3) is 0.533. The summed E-state index contributed by atoms with van der Waals surface area (Å²) >= 11 is 0. The zero-order valence-corrected chi connectivity index (χ0v) is 11.9. The average Bonchev–Trinajstić information content (AvgIpc) is 2.83. The first-order valence-electron chi connectivity index (χ1n) is 7.21. The normalized spacial score (nSPS) is 20.8. The van der Waals surface area contributed by atoms with Gasteiger partial charge in [-0.25, -0.2) is 4.79 Å². The van der Waals surface area contributed by atoms with Crippen LogP contribution in [0.25, 0.3) is 11.1 Å². The molecular weight excluding hydrogens is 274 g/mol. The van der Waals surface area contributed by atoms with Crippen molar-refractivity contribution >= 4 is 11.1 Å². The molecular formula is C15H19NO5. The van der Waals surface area contributed by atoms with Crippen LogP contribution in [-0.4, -0.2) is 35.6 Å². The average molecular weight is 293 g/mol. The van der Waals surface area contributed by atoms with Gasteiger partial charge in [-0.1, -0.05) is 13.0 Å². The van der Waals surface area contributed by atoms with Crippen molar-refractivity contribution in [3.8, 4) is 0 Å². The molecule has 6 nitrogen and oxygen atoms in total. The maximum absolute atomic E-state index is 11.8. The van der Waals surface area contributed by atoms with E-state index in [9.17, 15) is 9.90 Å². The number of aliphatic hydroxyl groups excluding tert-OH is 1. The maximum Gasteiger partial charge on any atom is 0.419 e. The third-order valence-corrected chi connectivity index (χ3v) is 3.67. The fourth-order valence-corrected chi connectivity index (χ4v) is 2.61. The highest BCUT2D eigenvalue weighted by atomic mass is 16.6. The molecule has 1 aromatic carbocycles. The van der Waals surface area contributed by atoms with Crippen LogP contribution in [0, 0.1) is 0 Å². The first-order chi connectivity index (χ1) is 10.2. The smallest absolute Gasteiger partial charge is 0.408 e. The zero-order valence-electron chi connectivity index (χ0n) is 11.9. The number of fused-ring (bicyclic) bond motifs is 1. The summed E-state index contributed by atoms with van der Waals surface area (Å²) in [5.74, 6) is -0.365. The number of oxazole rings is 1. The monoisotopic (exact) mass is 293 g/mol. The molecule has 114 valence electrons. The summed E-state index contributed by atoms with van der Waals surface area (Å²) in [4.78, 5) is 11.8. The Morgan fingerprint density at radius 3 is 3.00 bits per heavy atom.